The van der Waals surface area contributed by atoms with Crippen LogP contribution in [0.1, 0.15) is 28.8 Å². The number of hydrogen-bond donors (Lipinski definition) is 1. The molecular formula is C19H22N2O2. The highest BCUT2D eigenvalue weighted by Crippen LogP contribution is 2.18. The van der Waals surface area contributed by atoms with E-state index in [0.717, 1.165) is 32.5 Å². The van der Waals surface area contributed by atoms with Gasteiger partial charge < -0.3 is 10.5 Å². The number of nitrogens with zero attached hydrogens (tertiary/aromatic N) is 1. The fraction of sp³-hybridized carbons (Fsp3) is 0.316. The summed E-state index contributed by atoms with van der Waals surface area (Å²) in [6.07, 6.45) is 1.77. The van der Waals surface area contributed by atoms with E-state index in [1.165, 1.54) is 5.56 Å². The number of hydrogen-bond acceptors (Lipinski definition) is 4. The molecular weight excluding hydrogens is 288 g/mol. The molecule has 0 bridgehead atoms. The summed E-state index contributed by atoms with van der Waals surface area (Å²) in [7, 11) is 0. The van der Waals surface area contributed by atoms with Crippen LogP contribution < -0.4 is 5.73 Å². The molecule has 0 radical (unpaired) electrons. The largest absolute Gasteiger partial charge is 0.459 e. The molecule has 3 rings (SSSR count). The van der Waals surface area contributed by atoms with E-state index in [1.54, 1.807) is 24.3 Å². The summed E-state index contributed by atoms with van der Waals surface area (Å²) in [5, 5.41) is 0. The van der Waals surface area contributed by atoms with Gasteiger partial charge in [0.25, 0.3) is 0 Å². The van der Waals surface area contributed by atoms with Crippen LogP contribution in [0, 0.1) is 0 Å². The van der Waals surface area contributed by atoms with Gasteiger partial charge >= 0.3 is 5.97 Å². The first kappa shape index (κ1) is 15.6. The predicted octanol–water partition coefficient (Wildman–Crippen LogP) is 3.09. The quantitative estimate of drug-likeness (QED) is 0.696. The van der Waals surface area contributed by atoms with Crippen LogP contribution in [-0.2, 0) is 11.3 Å². The number of carbonyl (C=O) groups excluding carboxylic acids is 1. The molecule has 1 saturated heterocycles. The number of ether oxygens (including phenoxy) is 1. The Kier molecular flexibility index (Phi) is 4.93. The summed E-state index contributed by atoms with van der Waals surface area (Å²) in [4.78, 5) is 14.5. The monoisotopic (exact) mass is 310 g/mol. The number of nitrogens with two attached hydrogens (primary N) is 1. The second-order valence-electron chi connectivity index (χ2n) is 5.99. The molecule has 0 atom stereocenters. The Balaban J connectivity index is 1.47. The first-order valence-corrected chi connectivity index (χ1v) is 8.03. The van der Waals surface area contributed by atoms with Crippen molar-refractivity contribution in [1.82, 2.24) is 4.90 Å². The minimum absolute atomic E-state index is 0.00655. The van der Waals surface area contributed by atoms with Gasteiger partial charge in [0.1, 0.15) is 6.10 Å². The van der Waals surface area contributed by atoms with E-state index in [2.05, 4.69) is 29.2 Å². The highest BCUT2D eigenvalue weighted by atomic mass is 16.5. The fourth-order valence-corrected chi connectivity index (χ4v) is 2.87. The maximum atomic E-state index is 12.1. The van der Waals surface area contributed by atoms with Crippen LogP contribution in [-0.4, -0.2) is 30.1 Å². The molecule has 1 aliphatic heterocycles. The number of piperidine rings is 1. The van der Waals surface area contributed by atoms with E-state index < -0.39 is 0 Å². The summed E-state index contributed by atoms with van der Waals surface area (Å²) in [6.45, 7) is 2.86. The van der Waals surface area contributed by atoms with E-state index in [-0.39, 0.29) is 12.1 Å². The average molecular weight is 310 g/mol. The third-order valence-electron chi connectivity index (χ3n) is 4.20. The zero-order valence-corrected chi connectivity index (χ0v) is 13.2. The Morgan fingerprint density at radius 2 is 1.70 bits per heavy atom. The Bertz CT molecular complexity index is 632. The van der Waals surface area contributed by atoms with Gasteiger partial charge in [0, 0.05) is 25.3 Å². The lowest BCUT2D eigenvalue weighted by atomic mass is 10.1. The van der Waals surface area contributed by atoms with Gasteiger partial charge in [-0.05, 0) is 42.7 Å². The molecule has 0 aromatic heterocycles. The number of nitrogen functional groups attached to an aromatic ring is 1. The number of benzene rings is 2. The van der Waals surface area contributed by atoms with Crippen LogP contribution in [0.15, 0.2) is 54.6 Å². The number of carbonyl (C=O) groups is 1. The average Bonchev–Trinajstić information content (AvgIpc) is 2.58. The molecule has 0 amide bonds. The highest BCUT2D eigenvalue weighted by Gasteiger charge is 2.22. The van der Waals surface area contributed by atoms with Crippen molar-refractivity contribution in [2.75, 3.05) is 18.8 Å². The van der Waals surface area contributed by atoms with Gasteiger partial charge in [-0.15, -0.1) is 0 Å². The van der Waals surface area contributed by atoms with E-state index in [9.17, 15) is 4.79 Å². The molecule has 0 spiro atoms. The van der Waals surface area contributed by atoms with Crippen molar-refractivity contribution >= 4 is 11.7 Å². The maximum absolute atomic E-state index is 12.1. The van der Waals surface area contributed by atoms with E-state index >= 15 is 0 Å². The molecule has 2 aromatic carbocycles. The van der Waals surface area contributed by atoms with Crippen LogP contribution in [0.4, 0.5) is 5.69 Å². The SMILES string of the molecule is Nc1ccc(C(=O)OC2CCN(Cc3ccccc3)CC2)cc1. The molecule has 0 saturated carbocycles. The molecule has 120 valence electrons. The van der Waals surface area contributed by atoms with E-state index in [1.807, 2.05) is 6.07 Å². The normalized spacial score (nSPS) is 16.2. The lowest BCUT2D eigenvalue weighted by Gasteiger charge is -2.31. The lowest BCUT2D eigenvalue weighted by molar-refractivity contribution is 0.0104. The minimum Gasteiger partial charge on any atom is -0.459 e. The highest BCUT2D eigenvalue weighted by molar-refractivity contribution is 5.89. The summed E-state index contributed by atoms with van der Waals surface area (Å²) in [5.74, 6) is -0.258. The predicted molar refractivity (Wildman–Crippen MR) is 91.0 cm³/mol. The van der Waals surface area contributed by atoms with Crippen molar-refractivity contribution in [2.45, 2.75) is 25.5 Å². The van der Waals surface area contributed by atoms with Crippen LogP contribution in [0.3, 0.4) is 0 Å². The summed E-state index contributed by atoms with van der Waals surface area (Å²) in [6, 6.07) is 17.3. The summed E-state index contributed by atoms with van der Waals surface area (Å²) >= 11 is 0. The van der Waals surface area contributed by atoms with Gasteiger partial charge in [0.05, 0.1) is 5.56 Å². The van der Waals surface area contributed by atoms with Gasteiger partial charge in [-0.3, -0.25) is 4.90 Å². The smallest absolute Gasteiger partial charge is 0.338 e. The van der Waals surface area contributed by atoms with E-state index in [0.29, 0.717) is 11.3 Å². The molecule has 4 nitrogen and oxygen atoms in total. The molecule has 23 heavy (non-hydrogen) atoms. The fourth-order valence-electron chi connectivity index (χ4n) is 2.87. The third-order valence-corrected chi connectivity index (χ3v) is 4.20. The van der Waals surface area contributed by atoms with E-state index in [4.69, 9.17) is 10.5 Å². The van der Waals surface area contributed by atoms with Crippen LogP contribution in [0.25, 0.3) is 0 Å². The third kappa shape index (κ3) is 4.33. The van der Waals surface area contributed by atoms with Crippen LogP contribution in [0.2, 0.25) is 0 Å². The van der Waals surface area contributed by atoms with Gasteiger partial charge in [0.2, 0.25) is 0 Å². The molecule has 0 unspecified atom stereocenters. The van der Waals surface area contributed by atoms with Crippen LogP contribution in [0.5, 0.6) is 0 Å². The zero-order chi connectivity index (χ0) is 16.1. The van der Waals surface area contributed by atoms with Crippen molar-refractivity contribution < 1.29 is 9.53 Å². The summed E-state index contributed by atoms with van der Waals surface area (Å²) in [5.41, 5.74) is 8.17. The molecule has 2 N–H and O–H groups in total. The molecule has 1 fully saturated rings. The second kappa shape index (κ2) is 7.29. The summed E-state index contributed by atoms with van der Waals surface area (Å²) < 4.78 is 5.61. The molecule has 2 aromatic rings. The molecule has 0 aliphatic carbocycles. The standard InChI is InChI=1S/C19H22N2O2/c20-17-8-6-16(7-9-17)19(22)23-18-10-12-21(13-11-18)14-15-4-2-1-3-5-15/h1-9,18H,10-14,20H2. The second-order valence-corrected chi connectivity index (χ2v) is 5.99. The van der Waals surface area contributed by atoms with Crippen LogP contribution >= 0.6 is 0 Å². The Hall–Kier alpha value is -2.33. The van der Waals surface area contributed by atoms with Gasteiger partial charge in [-0.1, -0.05) is 30.3 Å². The Morgan fingerprint density at radius 1 is 1.04 bits per heavy atom. The maximum Gasteiger partial charge on any atom is 0.338 e. The topological polar surface area (TPSA) is 55.6 Å². The van der Waals surface area contributed by atoms with Crippen molar-refractivity contribution in [3.63, 3.8) is 0 Å². The van der Waals surface area contributed by atoms with Gasteiger partial charge in [-0.2, -0.15) is 0 Å². The zero-order valence-electron chi connectivity index (χ0n) is 13.2. The van der Waals surface area contributed by atoms with Crippen molar-refractivity contribution in [1.29, 1.82) is 0 Å². The first-order valence-electron chi connectivity index (χ1n) is 8.03. The van der Waals surface area contributed by atoms with Crippen molar-refractivity contribution in [3.8, 4) is 0 Å². The number of rotatable bonds is 4. The minimum atomic E-state index is -0.258. The first-order chi connectivity index (χ1) is 11.2. The molecule has 1 heterocycles. The van der Waals surface area contributed by atoms with Crippen molar-refractivity contribution in [3.05, 3.63) is 65.7 Å². The molecule has 4 heteroatoms. The molecule has 1 aliphatic rings. The lowest BCUT2D eigenvalue weighted by Crippen LogP contribution is -2.37. The number of likely N-dealkylation sites (tertiary alicyclic amines) is 1. The number of esters is 1. The van der Waals surface area contributed by atoms with Crippen molar-refractivity contribution in [2.24, 2.45) is 0 Å². The Morgan fingerprint density at radius 3 is 2.35 bits per heavy atom. The van der Waals surface area contributed by atoms with Gasteiger partial charge in [0.15, 0.2) is 0 Å². The Labute approximate surface area is 136 Å². The number of anilines is 1. The van der Waals surface area contributed by atoms with Gasteiger partial charge in [-0.25, -0.2) is 4.79 Å².